The van der Waals surface area contributed by atoms with Crippen molar-refractivity contribution in [1.82, 2.24) is 5.32 Å². The van der Waals surface area contributed by atoms with Crippen LogP contribution in [-0.2, 0) is 10.9 Å². The van der Waals surface area contributed by atoms with Crippen molar-refractivity contribution in [3.63, 3.8) is 0 Å². The Bertz CT molecular complexity index is 454. The lowest BCUT2D eigenvalue weighted by Crippen LogP contribution is -2.31. The first kappa shape index (κ1) is 16.0. The first-order valence-electron chi connectivity index (χ1n) is 5.25. The fraction of sp³-hybridized carbons (Fsp3) is 0.364. The van der Waals surface area contributed by atoms with Gasteiger partial charge >= 0.3 is 6.18 Å². The maximum atomic E-state index is 12.5. The van der Waals surface area contributed by atoms with Gasteiger partial charge in [0.15, 0.2) is 5.11 Å². The lowest BCUT2D eigenvalue weighted by molar-refractivity contribution is -0.137. The predicted molar refractivity (Wildman–Crippen MR) is 72.6 cm³/mol. The van der Waals surface area contributed by atoms with E-state index in [1.54, 1.807) is 0 Å². The van der Waals surface area contributed by atoms with E-state index in [9.17, 15) is 13.2 Å². The summed E-state index contributed by atoms with van der Waals surface area (Å²) < 4.78 is 42.5. The van der Waals surface area contributed by atoms with Gasteiger partial charge in [0.2, 0.25) is 0 Å². The first-order valence-corrected chi connectivity index (χ1v) is 6.03. The van der Waals surface area contributed by atoms with Crippen LogP contribution in [-0.4, -0.2) is 25.4 Å². The molecule has 0 fully saturated rings. The molecule has 0 aliphatic rings. The number of ether oxygens (including phenoxy) is 1. The van der Waals surface area contributed by atoms with Crippen molar-refractivity contribution < 1.29 is 17.9 Å². The van der Waals surface area contributed by atoms with Gasteiger partial charge in [-0.1, -0.05) is 11.6 Å². The molecule has 19 heavy (non-hydrogen) atoms. The minimum Gasteiger partial charge on any atom is -0.383 e. The van der Waals surface area contributed by atoms with Crippen molar-refractivity contribution in [2.45, 2.75) is 6.18 Å². The number of alkyl halides is 3. The molecule has 0 unspecified atom stereocenters. The van der Waals surface area contributed by atoms with Crippen LogP contribution in [0.1, 0.15) is 5.56 Å². The predicted octanol–water partition coefficient (Wildman–Crippen LogP) is 3.29. The first-order chi connectivity index (χ1) is 8.84. The molecule has 1 rings (SSSR count). The highest BCUT2D eigenvalue weighted by Crippen LogP contribution is 2.33. The summed E-state index contributed by atoms with van der Waals surface area (Å²) in [5, 5.41) is 5.72. The molecule has 1 aromatic rings. The number of hydrogen-bond donors (Lipinski definition) is 2. The molecule has 8 heteroatoms. The summed E-state index contributed by atoms with van der Waals surface area (Å²) in [5.74, 6) is 0. The fourth-order valence-electron chi connectivity index (χ4n) is 1.23. The van der Waals surface area contributed by atoms with Gasteiger partial charge in [0.1, 0.15) is 0 Å². The number of halogens is 4. The van der Waals surface area contributed by atoms with Gasteiger partial charge in [-0.3, -0.25) is 0 Å². The largest absolute Gasteiger partial charge is 0.416 e. The Morgan fingerprint density at radius 3 is 2.68 bits per heavy atom. The molecule has 106 valence electrons. The zero-order chi connectivity index (χ0) is 14.5. The Hall–Kier alpha value is -1.05. The molecule has 0 atom stereocenters. The Labute approximate surface area is 119 Å². The van der Waals surface area contributed by atoms with Crippen LogP contribution < -0.4 is 10.6 Å². The van der Waals surface area contributed by atoms with Crippen molar-refractivity contribution in [3.05, 3.63) is 28.8 Å². The van der Waals surface area contributed by atoms with Gasteiger partial charge in [-0.05, 0) is 30.4 Å². The molecule has 0 saturated heterocycles. The van der Waals surface area contributed by atoms with E-state index < -0.39 is 11.7 Å². The molecular formula is C11H12ClF3N2OS. The third-order valence-electron chi connectivity index (χ3n) is 2.13. The highest BCUT2D eigenvalue weighted by molar-refractivity contribution is 7.80. The molecular weight excluding hydrogens is 301 g/mol. The van der Waals surface area contributed by atoms with Crippen LogP contribution in [0.25, 0.3) is 0 Å². The molecule has 0 aliphatic heterocycles. The van der Waals surface area contributed by atoms with Crippen LogP contribution in [0.4, 0.5) is 18.9 Å². The number of nitrogens with one attached hydrogen (secondary N) is 2. The Morgan fingerprint density at radius 1 is 1.42 bits per heavy atom. The zero-order valence-corrected chi connectivity index (χ0v) is 11.5. The van der Waals surface area contributed by atoms with Gasteiger partial charge in [-0.2, -0.15) is 13.2 Å². The summed E-state index contributed by atoms with van der Waals surface area (Å²) in [6.45, 7) is 0.872. The van der Waals surface area contributed by atoms with Crippen molar-refractivity contribution in [2.75, 3.05) is 25.6 Å². The number of anilines is 1. The van der Waals surface area contributed by atoms with Crippen LogP contribution in [0.15, 0.2) is 18.2 Å². The molecule has 1 aromatic carbocycles. The van der Waals surface area contributed by atoms with Crippen LogP contribution in [0.5, 0.6) is 0 Å². The van der Waals surface area contributed by atoms with E-state index in [-0.39, 0.29) is 15.8 Å². The number of hydrogen-bond acceptors (Lipinski definition) is 2. The molecule has 2 N–H and O–H groups in total. The second kappa shape index (κ2) is 6.93. The molecule has 0 aromatic heterocycles. The second-order valence-corrected chi connectivity index (χ2v) is 4.38. The van der Waals surface area contributed by atoms with Crippen LogP contribution in [0.3, 0.4) is 0 Å². The third kappa shape index (κ3) is 5.22. The number of rotatable bonds is 4. The summed E-state index contributed by atoms with van der Waals surface area (Å²) in [6, 6.07) is 2.99. The van der Waals surface area contributed by atoms with Crippen molar-refractivity contribution in [1.29, 1.82) is 0 Å². The summed E-state index contributed by atoms with van der Waals surface area (Å²) in [4.78, 5) is 0. The Kier molecular flexibility index (Phi) is 5.84. The zero-order valence-electron chi connectivity index (χ0n) is 9.97. The Balaban J connectivity index is 2.74. The molecule has 0 saturated carbocycles. The lowest BCUT2D eigenvalue weighted by Gasteiger charge is -2.14. The van der Waals surface area contributed by atoms with E-state index in [1.165, 1.54) is 13.2 Å². The van der Waals surface area contributed by atoms with E-state index in [1.807, 2.05) is 0 Å². The molecule has 0 amide bonds. The summed E-state index contributed by atoms with van der Waals surface area (Å²) >= 11 is 10.7. The van der Waals surface area contributed by atoms with E-state index in [0.717, 1.165) is 12.1 Å². The highest BCUT2D eigenvalue weighted by atomic mass is 35.5. The van der Waals surface area contributed by atoms with E-state index in [0.29, 0.717) is 13.2 Å². The Morgan fingerprint density at radius 2 is 2.11 bits per heavy atom. The molecule has 0 radical (unpaired) electrons. The van der Waals surface area contributed by atoms with Crippen LogP contribution >= 0.6 is 23.8 Å². The van der Waals surface area contributed by atoms with Gasteiger partial charge < -0.3 is 15.4 Å². The fourth-order valence-corrected chi connectivity index (χ4v) is 1.61. The van der Waals surface area contributed by atoms with Crippen LogP contribution in [0, 0.1) is 0 Å². The number of benzene rings is 1. The average Bonchev–Trinajstić information content (AvgIpc) is 2.31. The minimum absolute atomic E-state index is 0.103. The van der Waals surface area contributed by atoms with Gasteiger partial charge in [0.25, 0.3) is 0 Å². The van der Waals surface area contributed by atoms with E-state index in [2.05, 4.69) is 10.6 Å². The second-order valence-electron chi connectivity index (χ2n) is 3.57. The third-order valence-corrected chi connectivity index (χ3v) is 2.71. The standard InChI is InChI=1S/C11H12ClF3N2OS/c1-18-5-4-16-10(19)17-9-6-7(11(13,14)15)2-3-8(9)12/h2-3,6H,4-5H2,1H3,(H2,16,17,19). The van der Waals surface area contributed by atoms with Crippen LogP contribution in [0.2, 0.25) is 5.02 Å². The number of methoxy groups -OCH3 is 1. The van der Waals surface area contributed by atoms with Gasteiger partial charge in [0, 0.05) is 13.7 Å². The highest BCUT2D eigenvalue weighted by Gasteiger charge is 2.31. The summed E-state index contributed by atoms with van der Waals surface area (Å²) in [7, 11) is 1.53. The van der Waals surface area contributed by atoms with Crippen molar-refractivity contribution in [3.8, 4) is 0 Å². The maximum Gasteiger partial charge on any atom is 0.416 e. The number of thiocarbonyl (C=S) groups is 1. The normalized spacial score (nSPS) is 11.2. The van der Waals surface area contributed by atoms with Crippen molar-refractivity contribution >= 4 is 34.6 Å². The maximum absolute atomic E-state index is 12.5. The molecule has 0 aliphatic carbocycles. The van der Waals surface area contributed by atoms with Crippen molar-refractivity contribution in [2.24, 2.45) is 0 Å². The lowest BCUT2D eigenvalue weighted by atomic mass is 10.2. The summed E-state index contributed by atoms with van der Waals surface area (Å²) in [6.07, 6.45) is -4.42. The molecule has 0 heterocycles. The quantitative estimate of drug-likeness (QED) is 0.660. The average molecular weight is 313 g/mol. The minimum atomic E-state index is -4.42. The molecule has 0 bridgehead atoms. The monoisotopic (exact) mass is 312 g/mol. The van der Waals surface area contributed by atoms with Gasteiger partial charge in [-0.15, -0.1) is 0 Å². The van der Waals surface area contributed by atoms with E-state index in [4.69, 9.17) is 28.6 Å². The van der Waals surface area contributed by atoms with Gasteiger partial charge in [0.05, 0.1) is 22.9 Å². The SMILES string of the molecule is COCCNC(=S)Nc1cc(C(F)(F)F)ccc1Cl. The molecule has 3 nitrogen and oxygen atoms in total. The smallest absolute Gasteiger partial charge is 0.383 e. The molecule has 0 spiro atoms. The van der Waals surface area contributed by atoms with Gasteiger partial charge in [-0.25, -0.2) is 0 Å². The van der Waals surface area contributed by atoms with E-state index >= 15 is 0 Å². The summed E-state index contributed by atoms with van der Waals surface area (Å²) in [5.41, 5.74) is -0.689. The topological polar surface area (TPSA) is 33.3 Å².